The van der Waals surface area contributed by atoms with Crippen molar-refractivity contribution >= 4 is 29.3 Å². The smallest absolute Gasteiger partial charge is 0.233 e. The van der Waals surface area contributed by atoms with Gasteiger partial charge in [0.05, 0.1) is 18.9 Å². The van der Waals surface area contributed by atoms with Gasteiger partial charge < -0.3 is 19.9 Å². The van der Waals surface area contributed by atoms with Gasteiger partial charge in [0.25, 0.3) is 0 Å². The van der Waals surface area contributed by atoms with Crippen LogP contribution in [0.15, 0.2) is 70.2 Å². The number of carbonyl (C=O) groups is 1. The molecule has 0 aliphatic heterocycles. The highest BCUT2D eigenvalue weighted by molar-refractivity contribution is 7.99. The van der Waals surface area contributed by atoms with E-state index >= 15 is 0 Å². The minimum Gasteiger partial charge on any atom is -0.494 e. The Hall–Kier alpha value is -3.43. The van der Waals surface area contributed by atoms with Crippen LogP contribution in [-0.2, 0) is 11.3 Å². The molecule has 10 heteroatoms. The normalized spacial score (nSPS) is 10.9. The summed E-state index contributed by atoms with van der Waals surface area (Å²) < 4.78 is 12.7. The molecule has 0 saturated heterocycles. The van der Waals surface area contributed by atoms with E-state index < -0.39 is 0 Å². The number of amides is 1. The van der Waals surface area contributed by atoms with Gasteiger partial charge in [-0.15, -0.1) is 10.2 Å². The van der Waals surface area contributed by atoms with Crippen molar-refractivity contribution in [3.8, 4) is 28.5 Å². The van der Waals surface area contributed by atoms with Crippen molar-refractivity contribution in [1.29, 1.82) is 0 Å². The molecule has 0 spiro atoms. The van der Waals surface area contributed by atoms with Crippen LogP contribution in [0.4, 0.5) is 0 Å². The van der Waals surface area contributed by atoms with E-state index in [1.807, 2.05) is 67.6 Å². The van der Waals surface area contributed by atoms with Crippen molar-refractivity contribution in [2.75, 3.05) is 25.3 Å². The Labute approximate surface area is 206 Å². The predicted octanol–water partition coefficient (Wildman–Crippen LogP) is 4.72. The van der Waals surface area contributed by atoms with Crippen LogP contribution >= 0.6 is 23.4 Å². The van der Waals surface area contributed by atoms with Gasteiger partial charge in [-0.3, -0.25) is 4.79 Å². The number of nitrogen functional groups attached to an aromatic ring is 1. The first-order valence-corrected chi connectivity index (χ1v) is 12.0. The number of carbonyl (C=O) groups excluding carboxylic acids is 1. The lowest BCUT2D eigenvalue weighted by atomic mass is 10.2. The molecule has 2 N–H and O–H groups in total. The van der Waals surface area contributed by atoms with Gasteiger partial charge in [0.15, 0.2) is 5.82 Å². The van der Waals surface area contributed by atoms with Crippen LogP contribution in [0.3, 0.4) is 0 Å². The molecule has 8 nitrogen and oxygen atoms in total. The summed E-state index contributed by atoms with van der Waals surface area (Å²) >= 11 is 7.17. The number of nitrogens with two attached hydrogens (primary N) is 1. The summed E-state index contributed by atoms with van der Waals surface area (Å²) in [6.07, 6.45) is 0. The van der Waals surface area contributed by atoms with E-state index in [-0.39, 0.29) is 11.7 Å². The Morgan fingerprint density at radius 3 is 2.50 bits per heavy atom. The highest BCUT2D eigenvalue weighted by atomic mass is 35.5. The quantitative estimate of drug-likeness (QED) is 0.264. The Morgan fingerprint density at radius 1 is 1.09 bits per heavy atom. The van der Waals surface area contributed by atoms with Crippen molar-refractivity contribution in [1.82, 2.24) is 19.8 Å². The lowest BCUT2D eigenvalue weighted by Crippen LogP contribution is -2.27. The third-order valence-corrected chi connectivity index (χ3v) is 6.20. The number of benzene rings is 2. The molecule has 0 saturated carbocycles. The summed E-state index contributed by atoms with van der Waals surface area (Å²) in [5, 5.41) is 9.42. The summed E-state index contributed by atoms with van der Waals surface area (Å²) in [7, 11) is 1.73. The van der Waals surface area contributed by atoms with Crippen molar-refractivity contribution in [3.05, 3.63) is 71.4 Å². The number of thioether (sulfide) groups is 1. The molecular formula is C24H24ClN5O3S. The Balaban J connectivity index is 1.33. The van der Waals surface area contributed by atoms with Crippen LogP contribution < -0.4 is 10.6 Å². The molecule has 2 heterocycles. The van der Waals surface area contributed by atoms with E-state index in [0.717, 1.165) is 22.6 Å². The summed E-state index contributed by atoms with van der Waals surface area (Å²) in [5.41, 5.74) is 1.73. The van der Waals surface area contributed by atoms with Crippen LogP contribution in [-0.4, -0.2) is 45.1 Å². The highest BCUT2D eigenvalue weighted by Gasteiger charge is 2.17. The highest BCUT2D eigenvalue weighted by Crippen LogP contribution is 2.26. The topological polar surface area (TPSA) is 99.4 Å². The van der Waals surface area contributed by atoms with E-state index in [1.165, 1.54) is 16.4 Å². The van der Waals surface area contributed by atoms with Crippen LogP contribution in [0, 0.1) is 0 Å². The Kier molecular flexibility index (Phi) is 7.44. The van der Waals surface area contributed by atoms with Crippen LogP contribution in [0.5, 0.6) is 5.75 Å². The molecule has 0 aliphatic rings. The number of nitrogens with zero attached hydrogens (tertiary/aromatic N) is 4. The molecule has 0 aliphatic carbocycles. The zero-order valence-corrected chi connectivity index (χ0v) is 20.3. The molecule has 34 heavy (non-hydrogen) atoms. The molecular weight excluding hydrogens is 474 g/mol. The average molecular weight is 498 g/mol. The van der Waals surface area contributed by atoms with Crippen LogP contribution in [0.25, 0.3) is 22.7 Å². The van der Waals surface area contributed by atoms with Gasteiger partial charge in [0.1, 0.15) is 17.3 Å². The predicted molar refractivity (Wildman–Crippen MR) is 133 cm³/mol. The van der Waals surface area contributed by atoms with Gasteiger partial charge in [0, 0.05) is 23.2 Å². The maximum absolute atomic E-state index is 12.7. The number of hydrogen-bond donors (Lipinski definition) is 1. The molecule has 0 unspecified atom stereocenters. The van der Waals surface area contributed by atoms with Gasteiger partial charge >= 0.3 is 0 Å². The molecule has 4 rings (SSSR count). The third-order valence-electron chi connectivity index (χ3n) is 5.02. The van der Waals surface area contributed by atoms with Gasteiger partial charge in [-0.1, -0.05) is 23.4 Å². The van der Waals surface area contributed by atoms with Crippen molar-refractivity contribution in [2.45, 2.75) is 18.6 Å². The molecule has 0 radical (unpaired) electrons. The second-order valence-electron chi connectivity index (χ2n) is 7.44. The number of aromatic nitrogens is 3. The zero-order valence-electron chi connectivity index (χ0n) is 18.8. The second-order valence-corrected chi connectivity index (χ2v) is 8.82. The molecule has 0 atom stereocenters. The maximum Gasteiger partial charge on any atom is 0.233 e. The first-order chi connectivity index (χ1) is 16.4. The summed E-state index contributed by atoms with van der Waals surface area (Å²) in [6.45, 7) is 2.87. The number of rotatable bonds is 9. The van der Waals surface area contributed by atoms with Crippen LogP contribution in [0.2, 0.25) is 5.02 Å². The number of hydrogen-bond acceptors (Lipinski definition) is 7. The van der Waals surface area contributed by atoms with Crippen LogP contribution in [0.1, 0.15) is 12.7 Å². The molecule has 1 amide bonds. The fourth-order valence-electron chi connectivity index (χ4n) is 3.23. The summed E-state index contributed by atoms with van der Waals surface area (Å²) in [6, 6.07) is 18.6. The summed E-state index contributed by atoms with van der Waals surface area (Å²) in [4.78, 5) is 14.3. The van der Waals surface area contributed by atoms with E-state index in [1.54, 1.807) is 11.9 Å². The minimum absolute atomic E-state index is 0.0833. The van der Waals surface area contributed by atoms with Crippen molar-refractivity contribution in [2.24, 2.45) is 0 Å². The second kappa shape index (κ2) is 10.7. The fraction of sp³-hybridized carbons (Fsp3) is 0.208. The Morgan fingerprint density at radius 2 is 1.79 bits per heavy atom. The van der Waals surface area contributed by atoms with Crippen molar-refractivity contribution in [3.63, 3.8) is 0 Å². The van der Waals surface area contributed by atoms with Crippen molar-refractivity contribution < 1.29 is 13.9 Å². The summed E-state index contributed by atoms with van der Waals surface area (Å²) in [5.74, 6) is 8.95. The van der Waals surface area contributed by atoms with E-state index in [0.29, 0.717) is 34.9 Å². The van der Waals surface area contributed by atoms with Gasteiger partial charge in [0.2, 0.25) is 11.1 Å². The number of halogens is 1. The lowest BCUT2D eigenvalue weighted by molar-refractivity contribution is -0.127. The fourth-order valence-corrected chi connectivity index (χ4v) is 4.15. The maximum atomic E-state index is 12.7. The molecule has 2 aromatic heterocycles. The van der Waals surface area contributed by atoms with Gasteiger partial charge in [-0.05, 0) is 67.6 Å². The minimum atomic E-state index is -0.0833. The first-order valence-electron chi connectivity index (χ1n) is 10.6. The molecule has 0 fully saturated rings. The zero-order chi connectivity index (χ0) is 24.1. The molecule has 4 aromatic rings. The number of furan rings is 1. The lowest BCUT2D eigenvalue weighted by Gasteiger charge is -2.15. The molecule has 2 aromatic carbocycles. The molecule has 176 valence electrons. The van der Waals surface area contributed by atoms with Gasteiger partial charge in [-0.2, -0.15) is 0 Å². The monoisotopic (exact) mass is 497 g/mol. The van der Waals surface area contributed by atoms with E-state index in [2.05, 4.69) is 10.2 Å². The number of ether oxygens (including phenoxy) is 1. The van der Waals surface area contributed by atoms with Gasteiger partial charge in [-0.25, -0.2) is 4.68 Å². The third kappa shape index (κ3) is 5.55. The standard InChI is InChI=1S/C24H24ClN5O3S/c1-3-32-19-10-6-17(7-11-19)23-27-28-24(30(23)26)34-15-22(31)29(2)14-20-12-13-21(33-20)16-4-8-18(25)9-5-16/h4-13H,3,14-15,26H2,1-2H3. The molecule has 0 bridgehead atoms. The Bertz CT molecular complexity index is 1250. The first kappa shape index (κ1) is 23.7. The average Bonchev–Trinajstić information content (AvgIpc) is 3.45. The van der Waals surface area contributed by atoms with E-state index in [4.69, 9.17) is 26.6 Å². The SMILES string of the molecule is CCOc1ccc(-c2nnc(SCC(=O)N(C)Cc3ccc(-c4ccc(Cl)cc4)o3)n2N)cc1. The van der Waals surface area contributed by atoms with E-state index in [9.17, 15) is 4.79 Å². The largest absolute Gasteiger partial charge is 0.494 e.